The third kappa shape index (κ3) is 4.74. The average Bonchev–Trinajstić information content (AvgIpc) is 3.48. The highest BCUT2D eigenvalue weighted by Gasteiger charge is 2.45. The quantitative estimate of drug-likeness (QED) is 0.106. The lowest BCUT2D eigenvalue weighted by molar-refractivity contribution is -0.384. The van der Waals surface area contributed by atoms with E-state index < -0.39 is 22.7 Å². The van der Waals surface area contributed by atoms with E-state index >= 15 is 0 Å². The Balaban J connectivity index is 1.55. The van der Waals surface area contributed by atoms with Crippen LogP contribution in [-0.2, 0) is 22.4 Å². The van der Waals surface area contributed by atoms with Crippen LogP contribution in [0.25, 0.3) is 16.7 Å². The Bertz CT molecular complexity index is 1600. The first kappa shape index (κ1) is 25.7. The van der Waals surface area contributed by atoms with Gasteiger partial charge >= 0.3 is 0 Å². The van der Waals surface area contributed by atoms with E-state index in [4.69, 9.17) is 4.74 Å². The number of ketones is 1. The molecule has 0 bridgehead atoms. The van der Waals surface area contributed by atoms with Crippen molar-refractivity contribution in [3.8, 4) is 5.75 Å². The fourth-order valence-electron chi connectivity index (χ4n) is 5.02. The summed E-state index contributed by atoms with van der Waals surface area (Å²) in [6.07, 6.45) is 3.16. The highest BCUT2D eigenvalue weighted by Crippen LogP contribution is 2.40. The van der Waals surface area contributed by atoms with Gasteiger partial charge in [0.1, 0.15) is 11.5 Å². The number of carbonyl (C=O) groups excluding carboxylic acids is 2. The number of non-ortho nitro benzene ring substituents is 1. The zero-order valence-electron chi connectivity index (χ0n) is 21.5. The van der Waals surface area contributed by atoms with Crippen LogP contribution in [0.5, 0.6) is 5.75 Å². The summed E-state index contributed by atoms with van der Waals surface area (Å²) in [7, 11) is 1.60. The molecule has 0 spiro atoms. The molecular formula is C30H27N3O6. The number of aliphatic hydroxyl groups excluding tert-OH is 1. The Labute approximate surface area is 224 Å². The van der Waals surface area contributed by atoms with Crippen LogP contribution in [0.3, 0.4) is 0 Å². The SMILES string of the molecule is CCc1ccc([C@@H]2C(=C(O)c3ccc([N+](=O)[O-])cc3)C(=O)C(=O)N2CCc2c[nH]c3ccc(OC)cc23)cc1. The normalized spacial score (nSPS) is 16.7. The molecule has 9 nitrogen and oxygen atoms in total. The molecule has 3 aromatic carbocycles. The van der Waals surface area contributed by atoms with E-state index in [2.05, 4.69) is 4.98 Å². The number of Topliss-reactive ketones (excluding diaryl/α,β-unsaturated/α-hetero) is 1. The van der Waals surface area contributed by atoms with Crippen molar-refractivity contribution >= 4 is 34.0 Å². The molecule has 1 saturated heterocycles. The highest BCUT2D eigenvalue weighted by molar-refractivity contribution is 6.46. The van der Waals surface area contributed by atoms with E-state index in [1.807, 2.05) is 55.6 Å². The van der Waals surface area contributed by atoms with E-state index in [9.17, 15) is 24.8 Å². The summed E-state index contributed by atoms with van der Waals surface area (Å²) in [4.78, 5) is 41.9. The first-order chi connectivity index (χ1) is 18.8. The summed E-state index contributed by atoms with van der Waals surface area (Å²) in [6, 6.07) is 17.7. The van der Waals surface area contributed by atoms with Crippen LogP contribution >= 0.6 is 0 Å². The lowest BCUT2D eigenvalue weighted by Crippen LogP contribution is -2.31. The van der Waals surface area contributed by atoms with Gasteiger partial charge in [0.15, 0.2) is 0 Å². The van der Waals surface area contributed by atoms with Crippen molar-refractivity contribution in [1.29, 1.82) is 0 Å². The molecule has 2 N–H and O–H groups in total. The zero-order valence-corrected chi connectivity index (χ0v) is 21.5. The van der Waals surface area contributed by atoms with Crippen molar-refractivity contribution in [2.75, 3.05) is 13.7 Å². The zero-order chi connectivity index (χ0) is 27.7. The van der Waals surface area contributed by atoms with Gasteiger partial charge in [-0.25, -0.2) is 0 Å². The summed E-state index contributed by atoms with van der Waals surface area (Å²) >= 11 is 0. The highest BCUT2D eigenvalue weighted by atomic mass is 16.6. The summed E-state index contributed by atoms with van der Waals surface area (Å²) in [6.45, 7) is 2.26. The molecule has 0 unspecified atom stereocenters. The molecule has 0 saturated carbocycles. The average molecular weight is 526 g/mol. The number of aliphatic hydroxyl groups is 1. The molecule has 2 heterocycles. The van der Waals surface area contributed by atoms with Crippen LogP contribution in [-0.4, -0.2) is 45.3 Å². The molecule has 1 aromatic heterocycles. The van der Waals surface area contributed by atoms with Crippen LogP contribution in [0, 0.1) is 10.1 Å². The smallest absolute Gasteiger partial charge is 0.295 e. The van der Waals surface area contributed by atoms with Gasteiger partial charge in [-0.3, -0.25) is 19.7 Å². The van der Waals surface area contributed by atoms with Gasteiger partial charge in [0.25, 0.3) is 17.4 Å². The summed E-state index contributed by atoms with van der Waals surface area (Å²) < 4.78 is 5.36. The molecule has 1 aliphatic rings. The number of rotatable bonds is 8. The minimum absolute atomic E-state index is 0.0429. The van der Waals surface area contributed by atoms with Gasteiger partial charge in [0.05, 0.1) is 23.6 Å². The van der Waals surface area contributed by atoms with Gasteiger partial charge in [0.2, 0.25) is 0 Å². The predicted octanol–water partition coefficient (Wildman–Crippen LogP) is 5.31. The number of aromatic nitrogens is 1. The fraction of sp³-hybridized carbons (Fsp3) is 0.200. The molecule has 4 aromatic rings. The third-order valence-electron chi connectivity index (χ3n) is 7.19. The van der Waals surface area contributed by atoms with Gasteiger partial charge < -0.3 is 19.7 Å². The van der Waals surface area contributed by atoms with Crippen LogP contribution < -0.4 is 4.74 Å². The molecule has 1 fully saturated rings. The summed E-state index contributed by atoms with van der Waals surface area (Å²) in [5, 5.41) is 23.3. The number of benzene rings is 3. The van der Waals surface area contributed by atoms with Gasteiger partial charge in [-0.05, 0) is 59.9 Å². The van der Waals surface area contributed by atoms with Gasteiger partial charge in [0, 0.05) is 41.3 Å². The number of aryl methyl sites for hydroxylation is 1. The number of aromatic amines is 1. The van der Waals surface area contributed by atoms with Crippen LogP contribution in [0.2, 0.25) is 0 Å². The predicted molar refractivity (Wildman–Crippen MR) is 146 cm³/mol. The third-order valence-corrected chi connectivity index (χ3v) is 7.19. The van der Waals surface area contributed by atoms with E-state index in [0.29, 0.717) is 17.7 Å². The number of nitro groups is 1. The first-order valence-corrected chi connectivity index (χ1v) is 12.6. The van der Waals surface area contributed by atoms with Crippen molar-refractivity contribution in [1.82, 2.24) is 9.88 Å². The second-order valence-electron chi connectivity index (χ2n) is 9.37. The molecule has 39 heavy (non-hydrogen) atoms. The number of likely N-dealkylation sites (tertiary alicyclic amines) is 1. The molecule has 0 radical (unpaired) electrons. The number of hydrogen-bond donors (Lipinski definition) is 2. The van der Waals surface area contributed by atoms with Crippen molar-refractivity contribution in [2.24, 2.45) is 0 Å². The summed E-state index contributed by atoms with van der Waals surface area (Å²) in [5.74, 6) is -1.16. The van der Waals surface area contributed by atoms with Crippen molar-refractivity contribution < 1.29 is 24.4 Å². The number of methoxy groups -OCH3 is 1. The van der Waals surface area contributed by atoms with Crippen molar-refractivity contribution in [2.45, 2.75) is 25.8 Å². The van der Waals surface area contributed by atoms with Crippen molar-refractivity contribution in [3.05, 3.63) is 111 Å². The molecule has 0 aliphatic carbocycles. The molecule has 1 amide bonds. The van der Waals surface area contributed by atoms with Gasteiger partial charge in [-0.2, -0.15) is 0 Å². The Morgan fingerprint density at radius 3 is 2.44 bits per heavy atom. The standard InChI is InChI=1S/C30H27N3O6/c1-3-18-4-6-19(7-5-18)27-26(28(34)20-8-10-22(11-9-20)33(37)38)29(35)30(36)32(27)15-14-21-17-31-25-13-12-23(39-2)16-24(21)25/h4-13,16-17,27,31,34H,3,14-15H2,1-2H3/t27-/m1/s1. The number of nitro benzene ring substituents is 1. The fourth-order valence-corrected chi connectivity index (χ4v) is 5.02. The lowest BCUT2D eigenvalue weighted by Gasteiger charge is -2.25. The Morgan fingerprint density at radius 1 is 1.08 bits per heavy atom. The second-order valence-corrected chi connectivity index (χ2v) is 9.37. The monoisotopic (exact) mass is 525 g/mol. The topological polar surface area (TPSA) is 126 Å². The largest absolute Gasteiger partial charge is 0.507 e. The first-order valence-electron chi connectivity index (χ1n) is 12.6. The van der Waals surface area contributed by atoms with E-state index in [1.165, 1.54) is 29.2 Å². The maximum atomic E-state index is 13.3. The maximum absolute atomic E-state index is 13.3. The minimum Gasteiger partial charge on any atom is -0.507 e. The Morgan fingerprint density at radius 2 is 1.79 bits per heavy atom. The van der Waals surface area contributed by atoms with Crippen LogP contribution in [0.4, 0.5) is 5.69 Å². The molecule has 5 rings (SSSR count). The van der Waals surface area contributed by atoms with Gasteiger partial charge in [-0.1, -0.05) is 31.2 Å². The van der Waals surface area contributed by atoms with E-state index in [1.54, 1.807) is 7.11 Å². The molecule has 9 heteroatoms. The lowest BCUT2D eigenvalue weighted by atomic mass is 9.94. The minimum atomic E-state index is -0.814. The number of fused-ring (bicyclic) bond motifs is 1. The molecule has 198 valence electrons. The van der Waals surface area contributed by atoms with Gasteiger partial charge in [-0.15, -0.1) is 0 Å². The maximum Gasteiger partial charge on any atom is 0.295 e. The van der Waals surface area contributed by atoms with Crippen LogP contribution in [0.15, 0.2) is 78.5 Å². The number of ether oxygens (including phenoxy) is 1. The molecular weight excluding hydrogens is 498 g/mol. The number of nitrogens with one attached hydrogen (secondary N) is 1. The number of H-pyrrole nitrogens is 1. The molecule has 1 aliphatic heterocycles. The van der Waals surface area contributed by atoms with E-state index in [0.717, 1.165) is 28.5 Å². The van der Waals surface area contributed by atoms with E-state index in [-0.39, 0.29) is 29.1 Å². The molecule has 1 atom stereocenters. The Kier molecular flexibility index (Phi) is 6.89. The number of carbonyl (C=O) groups is 2. The van der Waals surface area contributed by atoms with Crippen molar-refractivity contribution in [3.63, 3.8) is 0 Å². The number of amides is 1. The summed E-state index contributed by atoms with van der Waals surface area (Å²) in [5.41, 5.74) is 3.71. The number of nitrogens with zero attached hydrogens (tertiary/aromatic N) is 2. The number of hydrogen-bond acceptors (Lipinski definition) is 6. The second kappa shape index (κ2) is 10.4. The van der Waals surface area contributed by atoms with Crippen LogP contribution in [0.1, 0.15) is 35.2 Å². The Hall–Kier alpha value is -4.92.